The molecule has 146 valence electrons. The fourth-order valence-corrected chi connectivity index (χ4v) is 4.61. The van der Waals surface area contributed by atoms with Gasteiger partial charge in [0.25, 0.3) is 0 Å². The molecule has 2 rings (SSSR count). The third-order valence-corrected chi connectivity index (χ3v) is 6.43. The lowest BCUT2D eigenvalue weighted by Gasteiger charge is -2.17. The maximum Gasteiger partial charge on any atom is 0.244 e. The quantitative estimate of drug-likeness (QED) is 0.593. The smallest absolute Gasteiger partial charge is 0.244 e. The van der Waals surface area contributed by atoms with Gasteiger partial charge in [-0.25, -0.2) is 13.9 Å². The number of hydrogen-bond donors (Lipinski definition) is 1. The van der Waals surface area contributed by atoms with E-state index in [4.69, 9.17) is 4.84 Å². The first-order valence-electron chi connectivity index (χ1n) is 9.21. The molecule has 27 heavy (non-hydrogen) atoms. The van der Waals surface area contributed by atoms with E-state index in [1.807, 2.05) is 55.5 Å². The second-order valence-corrected chi connectivity index (χ2v) is 8.84. The molecule has 1 atom stereocenters. The Bertz CT molecular complexity index is 791. The molecule has 0 aromatic heterocycles. The number of sulfone groups is 1. The molecular weight excluding hydrogens is 362 g/mol. The molecule has 0 heterocycles. The summed E-state index contributed by atoms with van der Waals surface area (Å²) in [5.74, 6) is -0.468. The highest BCUT2D eigenvalue weighted by Crippen LogP contribution is 2.19. The highest BCUT2D eigenvalue weighted by atomic mass is 32.2. The van der Waals surface area contributed by atoms with Crippen LogP contribution in [0.5, 0.6) is 0 Å². The molecule has 1 amide bonds. The highest BCUT2D eigenvalue weighted by Gasteiger charge is 2.27. The number of carbonyl (C=O) groups excluding carboxylic acids is 1. The molecule has 0 aliphatic rings. The van der Waals surface area contributed by atoms with Gasteiger partial charge < -0.3 is 0 Å². The predicted molar refractivity (Wildman–Crippen MR) is 106 cm³/mol. The van der Waals surface area contributed by atoms with Crippen LogP contribution in [0, 0.1) is 0 Å². The molecule has 0 aliphatic carbocycles. The Morgan fingerprint density at radius 2 is 1.59 bits per heavy atom. The lowest BCUT2D eigenvalue weighted by Crippen LogP contribution is -2.32. The Labute approximate surface area is 161 Å². The van der Waals surface area contributed by atoms with E-state index >= 15 is 0 Å². The summed E-state index contributed by atoms with van der Waals surface area (Å²) in [5, 5.41) is -0.710. The lowest BCUT2D eigenvalue weighted by atomic mass is 10.1. The topological polar surface area (TPSA) is 72.5 Å². The molecule has 0 spiro atoms. The van der Waals surface area contributed by atoms with E-state index in [2.05, 4.69) is 5.48 Å². The standard InChI is InChI=1S/C21H27NO4S/c1-2-3-14-20(27(24,25)17-19-12-8-5-9-13-19)15-21(23)22-26-16-18-10-6-4-7-11-18/h4-13,20H,2-3,14-17H2,1H3,(H,22,23). The molecule has 1 unspecified atom stereocenters. The molecule has 0 radical (unpaired) electrons. The number of hydroxylamine groups is 1. The van der Waals surface area contributed by atoms with Crippen molar-refractivity contribution in [2.45, 2.75) is 50.2 Å². The summed E-state index contributed by atoms with van der Waals surface area (Å²) in [4.78, 5) is 17.4. The SMILES string of the molecule is CCCCC(CC(=O)NOCc1ccccc1)S(=O)(=O)Cc1ccccc1. The van der Waals surface area contributed by atoms with Crippen molar-refractivity contribution in [2.75, 3.05) is 0 Å². The zero-order valence-corrected chi connectivity index (χ0v) is 16.5. The van der Waals surface area contributed by atoms with Crippen LogP contribution in [-0.4, -0.2) is 19.6 Å². The van der Waals surface area contributed by atoms with Crippen molar-refractivity contribution < 1.29 is 18.0 Å². The molecule has 1 N–H and O–H groups in total. The second kappa shape index (κ2) is 10.8. The minimum Gasteiger partial charge on any atom is -0.273 e. The molecule has 0 aliphatic heterocycles. The summed E-state index contributed by atoms with van der Waals surface area (Å²) < 4.78 is 25.6. The van der Waals surface area contributed by atoms with Crippen molar-refractivity contribution in [1.82, 2.24) is 5.48 Å². The average Bonchev–Trinajstić information content (AvgIpc) is 2.66. The average molecular weight is 390 g/mol. The Kier molecular flexibility index (Phi) is 8.48. The molecule has 2 aromatic rings. The Balaban J connectivity index is 1.92. The van der Waals surface area contributed by atoms with E-state index < -0.39 is 21.0 Å². The maximum absolute atomic E-state index is 12.8. The van der Waals surface area contributed by atoms with Crippen LogP contribution >= 0.6 is 0 Å². The third-order valence-electron chi connectivity index (χ3n) is 4.28. The Morgan fingerprint density at radius 1 is 1.00 bits per heavy atom. The van der Waals surface area contributed by atoms with E-state index in [0.29, 0.717) is 6.42 Å². The van der Waals surface area contributed by atoms with Gasteiger partial charge in [0, 0.05) is 6.42 Å². The summed E-state index contributed by atoms with van der Waals surface area (Å²) in [6.45, 7) is 2.24. The van der Waals surface area contributed by atoms with Gasteiger partial charge in [-0.1, -0.05) is 80.4 Å². The lowest BCUT2D eigenvalue weighted by molar-refractivity contribution is -0.134. The molecule has 0 bridgehead atoms. The van der Waals surface area contributed by atoms with E-state index in [1.54, 1.807) is 12.1 Å². The zero-order valence-electron chi connectivity index (χ0n) is 15.6. The summed E-state index contributed by atoms with van der Waals surface area (Å²) in [6, 6.07) is 18.5. The number of carbonyl (C=O) groups is 1. The maximum atomic E-state index is 12.8. The van der Waals surface area contributed by atoms with Crippen LogP contribution in [0.2, 0.25) is 0 Å². The normalized spacial score (nSPS) is 12.5. The number of nitrogens with one attached hydrogen (secondary N) is 1. The number of rotatable bonds is 11. The van der Waals surface area contributed by atoms with Gasteiger partial charge in [0.2, 0.25) is 5.91 Å². The Hall–Kier alpha value is -2.18. The van der Waals surface area contributed by atoms with Gasteiger partial charge in [-0.2, -0.15) is 0 Å². The van der Waals surface area contributed by atoms with E-state index in [9.17, 15) is 13.2 Å². The first-order valence-corrected chi connectivity index (χ1v) is 10.9. The van der Waals surface area contributed by atoms with E-state index in [-0.39, 0.29) is 18.8 Å². The van der Waals surface area contributed by atoms with Gasteiger partial charge in [0.1, 0.15) is 0 Å². The van der Waals surface area contributed by atoms with Crippen molar-refractivity contribution in [3.63, 3.8) is 0 Å². The zero-order chi connectivity index (χ0) is 19.5. The van der Waals surface area contributed by atoms with Crippen LogP contribution in [0.25, 0.3) is 0 Å². The molecule has 0 saturated heterocycles. The van der Waals surface area contributed by atoms with Crippen LogP contribution in [0.3, 0.4) is 0 Å². The molecule has 6 heteroatoms. The summed E-state index contributed by atoms with van der Waals surface area (Å²) >= 11 is 0. The molecule has 0 saturated carbocycles. The molecule has 5 nitrogen and oxygen atoms in total. The molecule has 0 fully saturated rings. The number of unbranched alkanes of at least 4 members (excludes halogenated alkanes) is 1. The van der Waals surface area contributed by atoms with Crippen molar-refractivity contribution in [2.24, 2.45) is 0 Å². The van der Waals surface area contributed by atoms with Gasteiger partial charge in [0.15, 0.2) is 9.84 Å². The van der Waals surface area contributed by atoms with E-state index in [0.717, 1.165) is 24.0 Å². The van der Waals surface area contributed by atoms with Crippen molar-refractivity contribution in [1.29, 1.82) is 0 Å². The van der Waals surface area contributed by atoms with Gasteiger partial charge in [-0.15, -0.1) is 0 Å². The van der Waals surface area contributed by atoms with Crippen LogP contribution in [-0.2, 0) is 31.8 Å². The monoisotopic (exact) mass is 389 g/mol. The van der Waals surface area contributed by atoms with Crippen molar-refractivity contribution in [3.05, 3.63) is 71.8 Å². The minimum absolute atomic E-state index is 0.0552. The van der Waals surface area contributed by atoms with E-state index in [1.165, 1.54) is 0 Å². The van der Waals surface area contributed by atoms with Crippen molar-refractivity contribution >= 4 is 15.7 Å². The predicted octanol–water partition coefficient (Wildman–Crippen LogP) is 3.80. The summed E-state index contributed by atoms with van der Waals surface area (Å²) in [6.07, 6.45) is 2.02. The summed E-state index contributed by atoms with van der Waals surface area (Å²) in [7, 11) is -3.44. The third kappa shape index (κ3) is 7.53. The van der Waals surface area contributed by atoms with Crippen LogP contribution in [0.4, 0.5) is 0 Å². The van der Waals surface area contributed by atoms with Gasteiger partial charge in [-0.3, -0.25) is 9.63 Å². The van der Waals surface area contributed by atoms with Gasteiger partial charge in [-0.05, 0) is 17.5 Å². The number of hydrogen-bond acceptors (Lipinski definition) is 4. The fraction of sp³-hybridized carbons (Fsp3) is 0.381. The molecular formula is C21H27NO4S. The van der Waals surface area contributed by atoms with Crippen LogP contribution in [0.1, 0.15) is 43.7 Å². The highest BCUT2D eigenvalue weighted by molar-refractivity contribution is 7.91. The van der Waals surface area contributed by atoms with Gasteiger partial charge >= 0.3 is 0 Å². The second-order valence-electron chi connectivity index (χ2n) is 6.56. The number of benzene rings is 2. The van der Waals surface area contributed by atoms with Crippen LogP contribution in [0.15, 0.2) is 60.7 Å². The van der Waals surface area contributed by atoms with Crippen LogP contribution < -0.4 is 5.48 Å². The largest absolute Gasteiger partial charge is 0.273 e. The Morgan fingerprint density at radius 3 is 2.19 bits per heavy atom. The minimum atomic E-state index is -3.44. The van der Waals surface area contributed by atoms with Gasteiger partial charge in [0.05, 0.1) is 17.6 Å². The van der Waals surface area contributed by atoms with Crippen molar-refractivity contribution in [3.8, 4) is 0 Å². The fourth-order valence-electron chi connectivity index (χ4n) is 2.79. The first-order chi connectivity index (χ1) is 13.0. The number of amides is 1. The molecule has 2 aromatic carbocycles. The first kappa shape index (κ1) is 21.1. The summed E-state index contributed by atoms with van der Waals surface area (Å²) in [5.41, 5.74) is 4.03.